The van der Waals surface area contributed by atoms with Crippen LogP contribution in [0.4, 0.5) is 0 Å². The van der Waals surface area contributed by atoms with Crippen LogP contribution in [0, 0.1) is 13.8 Å². The van der Waals surface area contributed by atoms with Crippen molar-refractivity contribution < 1.29 is 16.9 Å². The molecule has 2 N–H and O–H groups in total. The number of hydrazine groups is 1. The van der Waals surface area contributed by atoms with E-state index in [1.807, 2.05) is 38.1 Å². The van der Waals surface area contributed by atoms with E-state index in [1.54, 1.807) is 24.3 Å². The van der Waals surface area contributed by atoms with Gasteiger partial charge in [0.2, 0.25) is 11.1 Å². The molecule has 0 saturated heterocycles. The second-order valence-corrected chi connectivity index (χ2v) is 6.41. The smallest absolute Gasteiger partial charge is 0.304 e. The van der Waals surface area contributed by atoms with Gasteiger partial charge in [0, 0.05) is 0 Å². The quantitative estimate of drug-likeness (QED) is 0.754. The molecule has 0 aliphatic rings. The molecular weight excluding hydrogens is 324 g/mol. The van der Waals surface area contributed by atoms with Gasteiger partial charge in [0.25, 0.3) is 0 Å². The van der Waals surface area contributed by atoms with Crippen LogP contribution in [0.1, 0.15) is 11.1 Å². The molecule has 0 aliphatic heterocycles. The summed E-state index contributed by atoms with van der Waals surface area (Å²) in [6.45, 7) is 3.87. The van der Waals surface area contributed by atoms with E-state index in [0.717, 1.165) is 11.1 Å². The number of benzene rings is 2. The van der Waals surface area contributed by atoms with Gasteiger partial charge in [-0.15, -0.1) is 10.4 Å². The molecule has 0 radical (unpaired) electrons. The van der Waals surface area contributed by atoms with Gasteiger partial charge in [-0.05, 0) is 38.1 Å². The maximum Gasteiger partial charge on any atom is 0.304 e. The Kier molecular flexibility index (Phi) is 6.22. The number of nitrogens with one attached hydrogen (secondary N) is 2. The number of rotatable bonds is 7. The van der Waals surface area contributed by atoms with E-state index >= 15 is 0 Å². The Bertz CT molecular complexity index is 660. The number of aryl methyl sites for hydroxylation is 2. The molecule has 0 bridgehead atoms. The van der Waals surface area contributed by atoms with E-state index in [0.29, 0.717) is 10.6 Å². The number of hydrogen-bond donors (Lipinski definition) is 2. The molecule has 8 heteroatoms. The summed E-state index contributed by atoms with van der Waals surface area (Å²) in [6.07, 6.45) is 0. The zero-order valence-corrected chi connectivity index (χ0v) is 13.7. The lowest BCUT2D eigenvalue weighted by atomic mass is 10.2. The number of hydrogen-bond acceptors (Lipinski definition) is 5. The molecule has 22 heavy (non-hydrogen) atoms. The van der Waals surface area contributed by atoms with Gasteiger partial charge < -0.3 is 4.18 Å². The normalized spacial score (nSPS) is 13.5. The van der Waals surface area contributed by atoms with Crippen LogP contribution in [0.2, 0.25) is 0 Å². The van der Waals surface area contributed by atoms with E-state index in [2.05, 4.69) is 10.4 Å². The predicted octanol–water partition coefficient (Wildman–Crippen LogP) is 2.01. The lowest BCUT2D eigenvalue weighted by Crippen LogP contribution is -2.36. The highest BCUT2D eigenvalue weighted by Crippen LogP contribution is 2.12. The molecule has 0 fully saturated rings. The summed E-state index contributed by atoms with van der Waals surface area (Å²) in [5.74, 6) is 0.442. The molecule has 0 heterocycles. The van der Waals surface area contributed by atoms with E-state index < -0.39 is 22.3 Å². The Morgan fingerprint density at radius 3 is 2.00 bits per heavy atom. The van der Waals surface area contributed by atoms with Crippen molar-refractivity contribution in [1.82, 2.24) is 10.4 Å². The predicted molar refractivity (Wildman–Crippen MR) is 84.9 cm³/mol. The third-order valence-electron chi connectivity index (χ3n) is 2.65. The Hall–Kier alpha value is -1.58. The lowest BCUT2D eigenvalue weighted by molar-refractivity contribution is 0.202. The Morgan fingerprint density at radius 1 is 0.864 bits per heavy atom. The van der Waals surface area contributed by atoms with Crippen LogP contribution in [-0.4, -0.2) is 8.42 Å². The van der Waals surface area contributed by atoms with Gasteiger partial charge in [0.1, 0.15) is 5.75 Å². The minimum Gasteiger partial charge on any atom is -0.388 e. The maximum absolute atomic E-state index is 11.8. The molecular formula is C14H16N2O4S2. The second-order valence-electron chi connectivity index (χ2n) is 4.47. The average molecular weight is 340 g/mol. The first-order chi connectivity index (χ1) is 10.5. The van der Waals surface area contributed by atoms with Gasteiger partial charge in [-0.1, -0.05) is 35.4 Å². The van der Waals surface area contributed by atoms with Crippen LogP contribution in [0.3, 0.4) is 0 Å². The van der Waals surface area contributed by atoms with Gasteiger partial charge in [-0.3, -0.25) is 0 Å². The summed E-state index contributed by atoms with van der Waals surface area (Å²) in [5, 5.41) is 0. The molecule has 0 amide bonds. The van der Waals surface area contributed by atoms with E-state index in [9.17, 15) is 8.42 Å². The molecule has 2 unspecified atom stereocenters. The highest BCUT2D eigenvalue weighted by atomic mass is 32.2. The highest BCUT2D eigenvalue weighted by Gasteiger charge is 2.06. The Morgan fingerprint density at radius 2 is 1.41 bits per heavy atom. The fraction of sp³-hybridized carbons (Fsp3) is 0.143. The third kappa shape index (κ3) is 5.32. The van der Waals surface area contributed by atoms with Gasteiger partial charge in [0.15, 0.2) is 0 Å². The van der Waals surface area contributed by atoms with Crippen molar-refractivity contribution in [3.63, 3.8) is 0 Å². The first-order valence-electron chi connectivity index (χ1n) is 6.38. The molecule has 0 aromatic heterocycles. The van der Waals surface area contributed by atoms with Crippen molar-refractivity contribution in [3.8, 4) is 5.75 Å². The van der Waals surface area contributed by atoms with Crippen molar-refractivity contribution in [1.29, 1.82) is 0 Å². The molecule has 0 aliphatic carbocycles. The largest absolute Gasteiger partial charge is 0.388 e. The summed E-state index contributed by atoms with van der Waals surface area (Å²) in [6, 6.07) is 14.1. The Balaban J connectivity index is 1.75. The molecule has 118 valence electrons. The van der Waals surface area contributed by atoms with Crippen molar-refractivity contribution in [2.45, 2.75) is 18.7 Å². The summed E-state index contributed by atoms with van der Waals surface area (Å²) in [7, 11) is 0. The fourth-order valence-corrected chi connectivity index (χ4v) is 2.55. The minimum atomic E-state index is -1.87. The molecule has 2 atom stereocenters. The fourth-order valence-electron chi connectivity index (χ4n) is 1.49. The van der Waals surface area contributed by atoms with Crippen LogP contribution in [0.25, 0.3) is 0 Å². The van der Waals surface area contributed by atoms with E-state index in [1.165, 1.54) is 0 Å². The molecule has 6 nitrogen and oxygen atoms in total. The molecule has 0 saturated carbocycles. The lowest BCUT2D eigenvalue weighted by Gasteiger charge is -2.07. The SMILES string of the molecule is Cc1ccc(OS(=O)NNOS(=O)c2ccc(C)cc2)cc1. The van der Waals surface area contributed by atoms with Crippen LogP contribution >= 0.6 is 0 Å². The van der Waals surface area contributed by atoms with Gasteiger partial charge in [-0.25, -0.2) is 4.21 Å². The van der Waals surface area contributed by atoms with Gasteiger partial charge in [-0.2, -0.15) is 8.49 Å². The Labute approximate surface area is 134 Å². The highest BCUT2D eigenvalue weighted by molar-refractivity contribution is 7.80. The van der Waals surface area contributed by atoms with Crippen LogP contribution < -0.4 is 14.6 Å². The van der Waals surface area contributed by atoms with Crippen LogP contribution in [-0.2, 0) is 26.6 Å². The summed E-state index contributed by atoms with van der Waals surface area (Å²) in [4.78, 5) is 2.73. The van der Waals surface area contributed by atoms with Crippen molar-refractivity contribution in [2.75, 3.05) is 0 Å². The average Bonchev–Trinajstić information content (AvgIpc) is 2.50. The van der Waals surface area contributed by atoms with Gasteiger partial charge in [0.05, 0.1) is 4.90 Å². The molecule has 2 rings (SSSR count). The molecule has 2 aromatic carbocycles. The first kappa shape index (κ1) is 16.8. The van der Waals surface area contributed by atoms with E-state index in [4.69, 9.17) is 8.47 Å². The minimum absolute atomic E-state index is 0.442. The van der Waals surface area contributed by atoms with Gasteiger partial charge >= 0.3 is 11.3 Å². The monoisotopic (exact) mass is 340 g/mol. The second kappa shape index (κ2) is 8.16. The first-order valence-corrected chi connectivity index (χ1v) is 8.53. The topological polar surface area (TPSA) is 76.7 Å². The summed E-state index contributed by atoms with van der Waals surface area (Å²) < 4.78 is 33.3. The van der Waals surface area contributed by atoms with Crippen LogP contribution in [0.15, 0.2) is 53.4 Å². The molecule has 2 aromatic rings. The molecule has 0 spiro atoms. The standard InChI is InChI=1S/C14H16N2O4S2/c1-11-3-7-13(8-4-11)19-22(18)16-15-20-21(17)14-9-5-12(2)6-10-14/h3-10,15-16H,1-2H3. The van der Waals surface area contributed by atoms with Crippen molar-refractivity contribution >= 4 is 22.3 Å². The zero-order valence-electron chi connectivity index (χ0n) is 12.1. The van der Waals surface area contributed by atoms with Crippen molar-refractivity contribution in [3.05, 3.63) is 59.7 Å². The zero-order chi connectivity index (χ0) is 15.9. The third-order valence-corrected chi connectivity index (χ3v) is 4.13. The maximum atomic E-state index is 11.8. The van der Waals surface area contributed by atoms with E-state index in [-0.39, 0.29) is 0 Å². The summed E-state index contributed by atoms with van der Waals surface area (Å²) >= 11 is -3.60. The summed E-state index contributed by atoms with van der Waals surface area (Å²) in [5.41, 5.74) is 4.28. The van der Waals surface area contributed by atoms with Crippen LogP contribution in [0.5, 0.6) is 5.75 Å². The van der Waals surface area contributed by atoms with Crippen molar-refractivity contribution in [2.24, 2.45) is 0 Å².